The summed E-state index contributed by atoms with van der Waals surface area (Å²) in [5, 5.41) is 2.67. The molecule has 0 aliphatic rings. The van der Waals surface area contributed by atoms with Gasteiger partial charge in [0.2, 0.25) is 5.91 Å². The lowest BCUT2D eigenvalue weighted by Gasteiger charge is -2.08. The van der Waals surface area contributed by atoms with E-state index in [0.717, 1.165) is 5.56 Å². The van der Waals surface area contributed by atoms with E-state index >= 15 is 0 Å². The van der Waals surface area contributed by atoms with Crippen molar-refractivity contribution in [2.24, 2.45) is 0 Å². The molecule has 3 heterocycles. The van der Waals surface area contributed by atoms with E-state index in [2.05, 4.69) is 25.3 Å². The van der Waals surface area contributed by atoms with Gasteiger partial charge in [0.15, 0.2) is 5.65 Å². The first-order valence-electron chi connectivity index (χ1n) is 11.2. The average Bonchev–Trinajstić information content (AvgIpc) is 3.29. The second-order valence-electron chi connectivity index (χ2n) is 7.74. The number of aromatic nitrogens is 5. The predicted molar refractivity (Wildman–Crippen MR) is 135 cm³/mol. The molecule has 0 unspecified atom stereocenters. The fourth-order valence-corrected chi connectivity index (χ4v) is 3.50. The summed E-state index contributed by atoms with van der Waals surface area (Å²) in [5.74, 6) is 0.288. The Balaban J connectivity index is 1.48. The van der Waals surface area contributed by atoms with Crippen molar-refractivity contribution in [3.63, 3.8) is 0 Å². The van der Waals surface area contributed by atoms with Crippen LogP contribution in [0.25, 0.3) is 23.3 Å². The van der Waals surface area contributed by atoms with Crippen molar-refractivity contribution in [2.75, 3.05) is 5.32 Å². The van der Waals surface area contributed by atoms with Gasteiger partial charge in [-0.2, -0.15) is 0 Å². The average molecular weight is 469 g/mol. The third-order valence-electron chi connectivity index (χ3n) is 5.20. The zero-order valence-electron chi connectivity index (χ0n) is 18.9. The largest absolute Gasteiger partial charge is 0.337 e. The molecule has 0 bridgehead atoms. The summed E-state index contributed by atoms with van der Waals surface area (Å²) in [6.07, 6.45) is 12.2. The smallest absolute Gasteiger partial charge is 0.274 e. The number of pyridine rings is 1. The van der Waals surface area contributed by atoms with Crippen molar-refractivity contribution in [1.29, 1.82) is 0 Å². The van der Waals surface area contributed by atoms with Crippen LogP contribution in [0.1, 0.15) is 36.3 Å². The Morgan fingerprint density at radius 1 is 1.09 bits per heavy atom. The zero-order chi connectivity index (χ0) is 24.5. The number of carbonyl (C=O) groups is 2. The molecule has 0 aliphatic heterocycles. The maximum absolute atomic E-state index is 12.9. The molecule has 35 heavy (non-hydrogen) atoms. The number of anilines is 1. The molecule has 1 amide bonds. The second kappa shape index (κ2) is 11.5. The van der Waals surface area contributed by atoms with E-state index < -0.39 is 0 Å². The van der Waals surface area contributed by atoms with Crippen LogP contribution in [0.5, 0.6) is 0 Å². The molecule has 4 rings (SSSR count). The maximum atomic E-state index is 12.9. The van der Waals surface area contributed by atoms with Crippen molar-refractivity contribution in [3.05, 3.63) is 94.6 Å². The van der Waals surface area contributed by atoms with Crippen LogP contribution in [0, 0.1) is 0 Å². The van der Waals surface area contributed by atoms with Gasteiger partial charge in [0.05, 0.1) is 12.2 Å². The number of unbranched alkanes of at least 4 members (excludes halogenated alkanes) is 1. The van der Waals surface area contributed by atoms with E-state index in [1.165, 1.54) is 17.0 Å². The number of aldehydes is 1. The summed E-state index contributed by atoms with van der Waals surface area (Å²) < 4.78 is 1.47. The van der Waals surface area contributed by atoms with Crippen molar-refractivity contribution in [1.82, 2.24) is 24.5 Å². The quantitative estimate of drug-likeness (QED) is 0.208. The number of nitrogens with zero attached hydrogens (tertiary/aromatic N) is 4. The van der Waals surface area contributed by atoms with Crippen LogP contribution >= 0.6 is 0 Å². The second-order valence-corrected chi connectivity index (χ2v) is 7.74. The topological polar surface area (TPSA) is 123 Å². The number of carbonyl (C=O) groups excluding carboxylic acids is 2. The summed E-state index contributed by atoms with van der Waals surface area (Å²) in [6.45, 7) is 0.178. The van der Waals surface area contributed by atoms with Crippen LogP contribution in [-0.2, 0) is 16.1 Å². The Morgan fingerprint density at radius 2 is 1.94 bits per heavy atom. The van der Waals surface area contributed by atoms with E-state index in [-0.39, 0.29) is 30.1 Å². The minimum absolute atomic E-state index is 0.178. The Bertz CT molecular complexity index is 1440. The molecule has 9 nitrogen and oxygen atoms in total. The monoisotopic (exact) mass is 468 g/mol. The molecule has 0 saturated heterocycles. The number of amides is 1. The van der Waals surface area contributed by atoms with E-state index in [1.807, 2.05) is 42.5 Å². The first-order valence-corrected chi connectivity index (χ1v) is 11.2. The lowest BCUT2D eigenvalue weighted by atomic mass is 10.2. The van der Waals surface area contributed by atoms with Gasteiger partial charge in [-0.3, -0.25) is 14.4 Å². The Morgan fingerprint density at radius 3 is 2.77 bits per heavy atom. The highest BCUT2D eigenvalue weighted by Crippen LogP contribution is 2.16. The van der Waals surface area contributed by atoms with Gasteiger partial charge >= 0.3 is 0 Å². The number of benzene rings is 1. The molecule has 0 fully saturated rings. The molecule has 1 aromatic carbocycles. The standard InChI is InChI=1S/C26H24N6O3/c33-16-7-2-1-6-12-23(34)29-21-11-8-15-32(26(21)35)17-22-30-24-20(27-18-28-25(24)31-22)14-13-19-9-4-3-5-10-19/h2-5,7-11,13-16,18H,1,6,12,17H2,(H,29,34)(H,27,28,30,31)/b7-2+,14-13+. The molecule has 4 aromatic rings. The predicted octanol–water partition coefficient (Wildman–Crippen LogP) is 3.60. The number of hydrogen-bond acceptors (Lipinski definition) is 6. The Kier molecular flexibility index (Phi) is 7.70. The van der Waals surface area contributed by atoms with Crippen LogP contribution in [0.4, 0.5) is 5.69 Å². The SMILES string of the molecule is O=C/C=C/CCCC(=O)Nc1cccn(Cc2nc3ncnc(/C=C/c4ccccc4)c3[nH]2)c1=O. The molecular weight excluding hydrogens is 444 g/mol. The number of rotatable bonds is 10. The van der Waals surface area contributed by atoms with Gasteiger partial charge in [-0.05, 0) is 42.7 Å². The van der Waals surface area contributed by atoms with E-state index in [1.54, 1.807) is 24.4 Å². The third kappa shape index (κ3) is 6.23. The van der Waals surface area contributed by atoms with Crippen LogP contribution in [-0.4, -0.2) is 36.7 Å². The lowest BCUT2D eigenvalue weighted by Crippen LogP contribution is -2.26. The van der Waals surface area contributed by atoms with Crippen molar-refractivity contribution in [2.45, 2.75) is 25.8 Å². The molecule has 0 saturated carbocycles. The number of allylic oxidation sites excluding steroid dienone is 2. The van der Waals surface area contributed by atoms with Crippen molar-refractivity contribution < 1.29 is 9.59 Å². The molecule has 0 spiro atoms. The lowest BCUT2D eigenvalue weighted by molar-refractivity contribution is -0.116. The highest BCUT2D eigenvalue weighted by Gasteiger charge is 2.11. The number of imidazole rings is 1. The molecule has 176 valence electrons. The van der Waals surface area contributed by atoms with Gasteiger partial charge in [0, 0.05) is 12.6 Å². The Hall–Kier alpha value is -4.66. The normalized spacial score (nSPS) is 11.4. The number of aromatic amines is 1. The maximum Gasteiger partial charge on any atom is 0.274 e. The molecule has 2 N–H and O–H groups in total. The first kappa shape index (κ1) is 23.5. The van der Waals surface area contributed by atoms with Crippen LogP contribution in [0.2, 0.25) is 0 Å². The van der Waals surface area contributed by atoms with Gasteiger partial charge in [0.1, 0.15) is 29.6 Å². The van der Waals surface area contributed by atoms with Crippen LogP contribution < -0.4 is 10.9 Å². The van der Waals surface area contributed by atoms with Crippen molar-refractivity contribution >= 4 is 41.2 Å². The fraction of sp³-hybridized carbons (Fsp3) is 0.154. The highest BCUT2D eigenvalue weighted by atomic mass is 16.2. The summed E-state index contributed by atoms with van der Waals surface area (Å²) in [5.41, 5.74) is 2.77. The molecule has 3 aromatic heterocycles. The van der Waals surface area contributed by atoms with Gasteiger partial charge in [-0.15, -0.1) is 0 Å². The minimum atomic E-state index is -0.336. The zero-order valence-corrected chi connectivity index (χ0v) is 18.9. The van der Waals surface area contributed by atoms with Gasteiger partial charge in [-0.25, -0.2) is 15.0 Å². The molecular formula is C26H24N6O3. The van der Waals surface area contributed by atoms with Gasteiger partial charge < -0.3 is 14.9 Å². The molecule has 0 atom stereocenters. The van der Waals surface area contributed by atoms with E-state index in [4.69, 9.17) is 0 Å². The number of nitrogens with one attached hydrogen (secondary N) is 2. The van der Waals surface area contributed by atoms with Gasteiger partial charge in [0.25, 0.3) is 5.56 Å². The minimum Gasteiger partial charge on any atom is -0.337 e. The Labute approximate surface area is 201 Å². The highest BCUT2D eigenvalue weighted by molar-refractivity contribution is 5.90. The van der Waals surface area contributed by atoms with Crippen LogP contribution in [0.3, 0.4) is 0 Å². The molecule has 0 radical (unpaired) electrons. The molecule has 0 aliphatic carbocycles. The molecule has 9 heteroatoms. The summed E-state index contributed by atoms with van der Waals surface area (Å²) in [4.78, 5) is 51.6. The number of fused-ring (bicyclic) bond motifs is 1. The van der Waals surface area contributed by atoms with Crippen LogP contribution in [0.15, 0.2) is 71.9 Å². The van der Waals surface area contributed by atoms with Gasteiger partial charge in [-0.1, -0.05) is 42.5 Å². The fourth-order valence-electron chi connectivity index (χ4n) is 3.50. The third-order valence-corrected chi connectivity index (χ3v) is 5.20. The number of H-pyrrole nitrogens is 1. The summed E-state index contributed by atoms with van der Waals surface area (Å²) in [7, 11) is 0. The van der Waals surface area contributed by atoms with E-state index in [0.29, 0.717) is 41.8 Å². The van der Waals surface area contributed by atoms with Crippen molar-refractivity contribution in [3.8, 4) is 0 Å². The summed E-state index contributed by atoms with van der Waals surface area (Å²) in [6, 6.07) is 13.1. The van der Waals surface area contributed by atoms with E-state index in [9.17, 15) is 14.4 Å². The summed E-state index contributed by atoms with van der Waals surface area (Å²) >= 11 is 0. The first-order chi connectivity index (χ1) is 17.1. The number of hydrogen-bond donors (Lipinski definition) is 2.